The molecule has 2 heterocycles. The summed E-state index contributed by atoms with van der Waals surface area (Å²) in [5, 5.41) is 0. The van der Waals surface area contributed by atoms with E-state index in [0.29, 0.717) is 18.2 Å². The van der Waals surface area contributed by atoms with E-state index in [9.17, 15) is 4.79 Å². The Kier molecular flexibility index (Phi) is 4.77. The third-order valence-corrected chi connectivity index (χ3v) is 3.27. The van der Waals surface area contributed by atoms with Crippen LogP contribution < -0.4 is 15.4 Å². The molecule has 0 aromatic carbocycles. The minimum atomic E-state index is -0.300. The van der Waals surface area contributed by atoms with Gasteiger partial charge in [0.05, 0.1) is 13.7 Å². The minimum absolute atomic E-state index is 0.245. The van der Waals surface area contributed by atoms with E-state index in [-0.39, 0.29) is 24.2 Å². The highest BCUT2D eigenvalue weighted by atomic mass is 16.5. The smallest absolute Gasteiger partial charge is 0.296 e. The van der Waals surface area contributed by atoms with Crippen LogP contribution in [-0.4, -0.2) is 29.5 Å². The molecule has 7 heteroatoms. The predicted octanol–water partition coefficient (Wildman–Crippen LogP) is 1.82. The Labute approximate surface area is 129 Å². The SMILES string of the molecule is CCN(C(=O)c1oc(CN)cc1C)c1ncc(C)c(OC)n1. The Hall–Kier alpha value is -2.41. The molecule has 2 aromatic rings. The lowest BCUT2D eigenvalue weighted by Crippen LogP contribution is -2.32. The highest BCUT2D eigenvalue weighted by molar-refractivity contribution is 6.04. The summed E-state index contributed by atoms with van der Waals surface area (Å²) >= 11 is 0. The fraction of sp³-hybridized carbons (Fsp3) is 0.400. The number of nitrogens with two attached hydrogens (primary N) is 1. The Balaban J connectivity index is 2.38. The van der Waals surface area contributed by atoms with Crippen molar-refractivity contribution in [1.29, 1.82) is 0 Å². The molecule has 7 nitrogen and oxygen atoms in total. The standard InChI is InChI=1S/C15H20N4O3/c1-5-19(15-17-8-10(3)13(18-15)21-4)14(20)12-9(2)6-11(7-16)22-12/h6,8H,5,7,16H2,1-4H3. The van der Waals surface area contributed by atoms with Gasteiger partial charge in [0, 0.05) is 23.9 Å². The molecule has 0 atom stereocenters. The van der Waals surface area contributed by atoms with E-state index in [2.05, 4.69) is 9.97 Å². The van der Waals surface area contributed by atoms with Gasteiger partial charge < -0.3 is 14.9 Å². The first-order valence-electron chi connectivity index (χ1n) is 7.00. The zero-order valence-corrected chi connectivity index (χ0v) is 13.2. The van der Waals surface area contributed by atoms with Crippen LogP contribution in [0.3, 0.4) is 0 Å². The average molecular weight is 304 g/mol. The summed E-state index contributed by atoms with van der Waals surface area (Å²) in [6.45, 7) is 6.14. The van der Waals surface area contributed by atoms with E-state index in [1.54, 1.807) is 19.2 Å². The number of amides is 1. The molecule has 0 aliphatic rings. The van der Waals surface area contributed by atoms with Gasteiger partial charge in [-0.3, -0.25) is 9.69 Å². The lowest BCUT2D eigenvalue weighted by Gasteiger charge is -2.18. The summed E-state index contributed by atoms with van der Waals surface area (Å²) in [5.74, 6) is 1.24. The number of nitrogens with zero attached hydrogens (tertiary/aromatic N) is 3. The molecule has 0 saturated carbocycles. The number of methoxy groups -OCH3 is 1. The van der Waals surface area contributed by atoms with Crippen LogP contribution in [0.5, 0.6) is 5.88 Å². The van der Waals surface area contributed by atoms with Crippen LogP contribution in [-0.2, 0) is 6.54 Å². The Bertz CT molecular complexity index is 681. The molecule has 0 saturated heterocycles. The first-order valence-corrected chi connectivity index (χ1v) is 7.00. The molecule has 0 spiro atoms. The highest BCUT2D eigenvalue weighted by Gasteiger charge is 2.24. The van der Waals surface area contributed by atoms with Gasteiger partial charge in [-0.05, 0) is 26.8 Å². The maximum Gasteiger partial charge on any atom is 0.296 e. The van der Waals surface area contributed by atoms with Crippen LogP contribution in [0.2, 0.25) is 0 Å². The van der Waals surface area contributed by atoms with Crippen molar-refractivity contribution in [3.63, 3.8) is 0 Å². The van der Waals surface area contributed by atoms with E-state index >= 15 is 0 Å². The number of hydrogen-bond acceptors (Lipinski definition) is 6. The third kappa shape index (κ3) is 2.94. The molecular weight excluding hydrogens is 284 g/mol. The lowest BCUT2D eigenvalue weighted by atomic mass is 10.2. The van der Waals surface area contributed by atoms with Crippen molar-refractivity contribution in [3.05, 3.63) is 34.9 Å². The predicted molar refractivity (Wildman–Crippen MR) is 82.0 cm³/mol. The van der Waals surface area contributed by atoms with E-state index < -0.39 is 0 Å². The quantitative estimate of drug-likeness (QED) is 0.905. The Morgan fingerprint density at radius 1 is 1.41 bits per heavy atom. The molecule has 2 aromatic heterocycles. The van der Waals surface area contributed by atoms with Crippen LogP contribution in [0, 0.1) is 13.8 Å². The molecule has 0 unspecified atom stereocenters. The van der Waals surface area contributed by atoms with Gasteiger partial charge in [-0.1, -0.05) is 0 Å². The van der Waals surface area contributed by atoms with Crippen molar-refractivity contribution in [1.82, 2.24) is 9.97 Å². The molecular formula is C15H20N4O3. The van der Waals surface area contributed by atoms with Crippen molar-refractivity contribution in [2.24, 2.45) is 5.73 Å². The number of carbonyl (C=O) groups excluding carboxylic acids is 1. The number of rotatable bonds is 5. The number of aromatic nitrogens is 2. The number of furan rings is 1. The summed E-state index contributed by atoms with van der Waals surface area (Å²) < 4.78 is 10.7. The molecule has 2 rings (SSSR count). The Morgan fingerprint density at radius 3 is 2.68 bits per heavy atom. The Morgan fingerprint density at radius 2 is 2.14 bits per heavy atom. The lowest BCUT2D eigenvalue weighted by molar-refractivity contribution is 0.0957. The van der Waals surface area contributed by atoms with Crippen LogP contribution >= 0.6 is 0 Å². The highest BCUT2D eigenvalue weighted by Crippen LogP contribution is 2.21. The van der Waals surface area contributed by atoms with Crippen molar-refractivity contribution in [2.45, 2.75) is 27.3 Å². The zero-order valence-electron chi connectivity index (χ0n) is 13.2. The molecule has 1 amide bonds. The van der Waals surface area contributed by atoms with E-state index in [0.717, 1.165) is 11.1 Å². The van der Waals surface area contributed by atoms with E-state index in [1.807, 2.05) is 13.8 Å². The van der Waals surface area contributed by atoms with Crippen molar-refractivity contribution in [3.8, 4) is 5.88 Å². The van der Waals surface area contributed by atoms with E-state index in [4.69, 9.17) is 14.9 Å². The van der Waals surface area contributed by atoms with Gasteiger partial charge >= 0.3 is 0 Å². The maximum absolute atomic E-state index is 12.7. The fourth-order valence-corrected chi connectivity index (χ4v) is 2.11. The summed E-state index contributed by atoms with van der Waals surface area (Å²) in [5.41, 5.74) is 7.09. The molecule has 118 valence electrons. The summed E-state index contributed by atoms with van der Waals surface area (Å²) in [7, 11) is 1.53. The molecule has 0 aliphatic carbocycles. The number of carbonyl (C=O) groups is 1. The average Bonchev–Trinajstić information content (AvgIpc) is 2.90. The second-order valence-corrected chi connectivity index (χ2v) is 4.84. The topological polar surface area (TPSA) is 94.5 Å². The minimum Gasteiger partial charge on any atom is -0.481 e. The van der Waals surface area contributed by atoms with Crippen molar-refractivity contribution >= 4 is 11.9 Å². The molecule has 2 N–H and O–H groups in total. The summed E-state index contributed by atoms with van der Waals surface area (Å²) in [4.78, 5) is 22.6. The summed E-state index contributed by atoms with van der Waals surface area (Å²) in [6, 6.07) is 1.76. The number of anilines is 1. The normalized spacial score (nSPS) is 10.6. The van der Waals surface area contributed by atoms with Gasteiger partial charge in [-0.15, -0.1) is 0 Å². The molecule has 0 fully saturated rings. The van der Waals surface area contributed by atoms with Crippen LogP contribution in [0.25, 0.3) is 0 Å². The van der Waals surface area contributed by atoms with Gasteiger partial charge in [0.15, 0.2) is 5.76 Å². The number of ether oxygens (including phenoxy) is 1. The molecule has 0 bridgehead atoms. The molecule has 0 aliphatic heterocycles. The second kappa shape index (κ2) is 6.57. The van der Waals surface area contributed by atoms with Crippen molar-refractivity contribution < 1.29 is 13.9 Å². The number of hydrogen-bond donors (Lipinski definition) is 1. The van der Waals surface area contributed by atoms with Crippen LogP contribution in [0.1, 0.15) is 34.4 Å². The van der Waals surface area contributed by atoms with Crippen molar-refractivity contribution in [2.75, 3.05) is 18.6 Å². The maximum atomic E-state index is 12.7. The van der Waals surface area contributed by atoms with Crippen LogP contribution in [0.4, 0.5) is 5.95 Å². The van der Waals surface area contributed by atoms with Crippen LogP contribution in [0.15, 0.2) is 16.7 Å². The molecule has 22 heavy (non-hydrogen) atoms. The first kappa shape index (κ1) is 16.0. The first-order chi connectivity index (χ1) is 10.5. The second-order valence-electron chi connectivity index (χ2n) is 4.84. The van der Waals surface area contributed by atoms with Gasteiger partial charge in [0.25, 0.3) is 5.91 Å². The monoisotopic (exact) mass is 304 g/mol. The van der Waals surface area contributed by atoms with Gasteiger partial charge in [-0.25, -0.2) is 4.98 Å². The van der Waals surface area contributed by atoms with Gasteiger partial charge in [-0.2, -0.15) is 4.98 Å². The van der Waals surface area contributed by atoms with Gasteiger partial charge in [0.2, 0.25) is 11.8 Å². The zero-order chi connectivity index (χ0) is 16.3. The largest absolute Gasteiger partial charge is 0.481 e. The number of aryl methyl sites for hydroxylation is 2. The van der Waals surface area contributed by atoms with Gasteiger partial charge in [0.1, 0.15) is 5.76 Å². The fourth-order valence-electron chi connectivity index (χ4n) is 2.11. The summed E-state index contributed by atoms with van der Waals surface area (Å²) in [6.07, 6.45) is 1.62. The molecule has 0 radical (unpaired) electrons. The third-order valence-electron chi connectivity index (χ3n) is 3.27. The van der Waals surface area contributed by atoms with E-state index in [1.165, 1.54) is 12.0 Å².